The number of amides is 2. The van der Waals surface area contributed by atoms with Crippen LogP contribution in [0, 0.1) is 13.8 Å². The van der Waals surface area contributed by atoms with Crippen LogP contribution in [-0.4, -0.2) is 43.8 Å². The van der Waals surface area contributed by atoms with Crippen LogP contribution < -0.4 is 9.62 Å². The van der Waals surface area contributed by atoms with Gasteiger partial charge >= 0.3 is 0 Å². The Balaban J connectivity index is 1.72. The van der Waals surface area contributed by atoms with Crippen molar-refractivity contribution >= 4 is 50.7 Å². The van der Waals surface area contributed by atoms with Crippen LogP contribution in [0.5, 0.6) is 0 Å². The highest BCUT2D eigenvalue weighted by atomic mass is 35.5. The second-order valence-electron chi connectivity index (χ2n) is 10.8. The average Bonchev–Trinajstić information content (AvgIpc) is 2.97. The monoisotopic (exact) mass is 629 g/mol. The smallest absolute Gasteiger partial charge is 0.264 e. The molecule has 10 heteroatoms. The highest BCUT2D eigenvalue weighted by molar-refractivity contribution is 7.92. The third kappa shape index (κ3) is 7.46. The lowest BCUT2D eigenvalue weighted by atomic mass is 9.95. The molecule has 0 heterocycles. The van der Waals surface area contributed by atoms with Crippen molar-refractivity contribution in [2.45, 2.75) is 76.4 Å². The topological polar surface area (TPSA) is 86.8 Å². The fourth-order valence-corrected chi connectivity index (χ4v) is 7.08. The van der Waals surface area contributed by atoms with Crippen molar-refractivity contribution < 1.29 is 18.0 Å². The summed E-state index contributed by atoms with van der Waals surface area (Å²) in [5.74, 6) is -0.864. The van der Waals surface area contributed by atoms with E-state index in [2.05, 4.69) is 5.32 Å². The van der Waals surface area contributed by atoms with Crippen LogP contribution in [0.1, 0.15) is 55.7 Å². The summed E-state index contributed by atoms with van der Waals surface area (Å²) in [6.07, 6.45) is 5.00. The molecule has 1 N–H and O–H groups in total. The van der Waals surface area contributed by atoms with E-state index in [4.69, 9.17) is 23.2 Å². The lowest BCUT2D eigenvalue weighted by molar-refractivity contribution is -0.139. The number of nitrogens with one attached hydrogen (secondary N) is 1. The van der Waals surface area contributed by atoms with Gasteiger partial charge in [-0.15, -0.1) is 0 Å². The standard InChI is InChI=1S/C32H37Cl2N3O4S/c1-22-17-18-26(19-23(22)2)37(42(40,41)27-13-8-5-9-14-27)21-31(38)36(20-28-29(33)15-10-16-30(28)34)24(3)32(39)35-25-11-6-4-7-12-25/h5,8-10,13-19,24-25H,4,6-7,11-12,20-21H2,1-3H3,(H,35,39). The van der Waals surface area contributed by atoms with Crippen molar-refractivity contribution in [2.75, 3.05) is 10.8 Å². The first kappa shape index (κ1) is 31.9. The zero-order chi connectivity index (χ0) is 30.4. The van der Waals surface area contributed by atoms with E-state index in [1.807, 2.05) is 19.9 Å². The average molecular weight is 631 g/mol. The molecule has 0 saturated heterocycles. The first-order chi connectivity index (χ1) is 20.0. The lowest BCUT2D eigenvalue weighted by Gasteiger charge is -2.33. The molecule has 0 bridgehead atoms. The number of aryl methyl sites for hydroxylation is 2. The van der Waals surface area contributed by atoms with E-state index in [0.717, 1.165) is 47.5 Å². The highest BCUT2D eigenvalue weighted by Crippen LogP contribution is 2.29. The second kappa shape index (κ2) is 13.9. The minimum Gasteiger partial charge on any atom is -0.352 e. The third-order valence-electron chi connectivity index (χ3n) is 7.90. The molecule has 3 aromatic carbocycles. The molecule has 1 aliphatic rings. The molecule has 2 amide bonds. The van der Waals surface area contributed by atoms with Gasteiger partial charge in [0.1, 0.15) is 12.6 Å². The number of hydrogen-bond acceptors (Lipinski definition) is 4. The van der Waals surface area contributed by atoms with Crippen molar-refractivity contribution in [1.82, 2.24) is 10.2 Å². The summed E-state index contributed by atoms with van der Waals surface area (Å²) >= 11 is 13.0. The number of carbonyl (C=O) groups excluding carboxylic acids is 2. The van der Waals surface area contributed by atoms with Gasteiger partial charge in [-0.05, 0) is 81.1 Å². The largest absolute Gasteiger partial charge is 0.352 e. The molecule has 1 saturated carbocycles. The van der Waals surface area contributed by atoms with E-state index in [1.54, 1.807) is 55.5 Å². The Morgan fingerprint density at radius 1 is 0.905 bits per heavy atom. The minimum absolute atomic E-state index is 0.0417. The zero-order valence-electron chi connectivity index (χ0n) is 24.1. The predicted octanol–water partition coefficient (Wildman–Crippen LogP) is 6.67. The Labute approximate surface area is 258 Å². The molecule has 3 aromatic rings. The van der Waals surface area contributed by atoms with Gasteiger partial charge < -0.3 is 10.2 Å². The molecule has 1 unspecified atom stereocenters. The fourth-order valence-electron chi connectivity index (χ4n) is 5.13. The molecule has 1 fully saturated rings. The van der Waals surface area contributed by atoms with Crippen LogP contribution in [0.3, 0.4) is 0 Å². The normalized spacial score (nSPS) is 14.7. The van der Waals surface area contributed by atoms with Gasteiger partial charge in [0.2, 0.25) is 11.8 Å². The van der Waals surface area contributed by atoms with Gasteiger partial charge in [-0.25, -0.2) is 8.42 Å². The van der Waals surface area contributed by atoms with Crippen LogP contribution in [0.25, 0.3) is 0 Å². The molecule has 0 aromatic heterocycles. The number of halogens is 2. The van der Waals surface area contributed by atoms with Gasteiger partial charge in [0.15, 0.2) is 0 Å². The van der Waals surface area contributed by atoms with Crippen molar-refractivity contribution in [3.05, 3.63) is 93.5 Å². The Hall–Kier alpha value is -3.07. The van der Waals surface area contributed by atoms with E-state index in [9.17, 15) is 18.0 Å². The van der Waals surface area contributed by atoms with Gasteiger partial charge in [0.25, 0.3) is 10.0 Å². The van der Waals surface area contributed by atoms with E-state index in [1.165, 1.54) is 17.0 Å². The molecule has 0 spiro atoms. The van der Waals surface area contributed by atoms with Gasteiger partial charge in [-0.3, -0.25) is 13.9 Å². The van der Waals surface area contributed by atoms with E-state index >= 15 is 0 Å². The fraction of sp³-hybridized carbons (Fsp3) is 0.375. The van der Waals surface area contributed by atoms with Crippen LogP contribution in [-0.2, 0) is 26.2 Å². The van der Waals surface area contributed by atoms with Crippen LogP contribution in [0.15, 0.2) is 71.6 Å². The van der Waals surface area contributed by atoms with Crippen molar-refractivity contribution in [1.29, 1.82) is 0 Å². The minimum atomic E-state index is -4.14. The number of sulfonamides is 1. The first-order valence-corrected chi connectivity index (χ1v) is 16.4. The molecule has 1 aliphatic carbocycles. The summed E-state index contributed by atoms with van der Waals surface area (Å²) in [5, 5.41) is 3.79. The summed E-state index contributed by atoms with van der Waals surface area (Å²) in [6.45, 7) is 4.87. The van der Waals surface area contributed by atoms with E-state index < -0.39 is 28.5 Å². The summed E-state index contributed by atoms with van der Waals surface area (Å²) in [5.41, 5.74) is 2.71. The van der Waals surface area contributed by atoms with Crippen LogP contribution >= 0.6 is 23.2 Å². The summed E-state index contributed by atoms with van der Waals surface area (Å²) in [6, 6.07) is 17.4. The molecule has 1 atom stereocenters. The van der Waals surface area contributed by atoms with Crippen LogP contribution in [0.2, 0.25) is 10.0 Å². The van der Waals surface area contributed by atoms with Gasteiger partial charge in [0.05, 0.1) is 10.6 Å². The Kier molecular flexibility index (Phi) is 10.6. The zero-order valence-corrected chi connectivity index (χ0v) is 26.5. The maximum Gasteiger partial charge on any atom is 0.264 e. The summed E-state index contributed by atoms with van der Waals surface area (Å²) in [4.78, 5) is 29.1. The SMILES string of the molecule is Cc1ccc(N(CC(=O)N(Cc2c(Cl)cccc2Cl)C(C)C(=O)NC2CCCCC2)S(=O)(=O)c2ccccc2)cc1C. The first-order valence-electron chi connectivity index (χ1n) is 14.2. The van der Waals surface area contributed by atoms with Crippen molar-refractivity contribution in [3.63, 3.8) is 0 Å². The number of benzene rings is 3. The number of nitrogens with zero attached hydrogens (tertiary/aromatic N) is 2. The highest BCUT2D eigenvalue weighted by Gasteiger charge is 2.34. The number of carbonyl (C=O) groups is 2. The van der Waals surface area contributed by atoms with Gasteiger partial charge in [0, 0.05) is 28.2 Å². The molecule has 7 nitrogen and oxygen atoms in total. The van der Waals surface area contributed by atoms with Gasteiger partial charge in [-0.2, -0.15) is 0 Å². The molecule has 224 valence electrons. The molecular formula is C32H37Cl2N3O4S. The van der Waals surface area contributed by atoms with E-state index in [0.29, 0.717) is 21.3 Å². The quantitative estimate of drug-likeness (QED) is 0.271. The summed E-state index contributed by atoms with van der Waals surface area (Å²) in [7, 11) is -4.14. The van der Waals surface area contributed by atoms with Crippen LogP contribution in [0.4, 0.5) is 5.69 Å². The molecule has 4 rings (SSSR count). The second-order valence-corrected chi connectivity index (χ2v) is 13.5. The number of hydrogen-bond donors (Lipinski definition) is 1. The van der Waals surface area contributed by atoms with E-state index in [-0.39, 0.29) is 23.4 Å². The molecule has 42 heavy (non-hydrogen) atoms. The predicted molar refractivity (Wildman–Crippen MR) is 168 cm³/mol. The maximum absolute atomic E-state index is 14.2. The van der Waals surface area contributed by atoms with Crippen molar-refractivity contribution in [3.8, 4) is 0 Å². The lowest BCUT2D eigenvalue weighted by Crippen LogP contribution is -2.53. The number of anilines is 1. The number of rotatable bonds is 10. The maximum atomic E-state index is 14.2. The Morgan fingerprint density at radius 2 is 1.55 bits per heavy atom. The molecule has 0 aliphatic heterocycles. The van der Waals surface area contributed by atoms with Gasteiger partial charge in [-0.1, -0.05) is 72.8 Å². The molecular weight excluding hydrogens is 593 g/mol. The Morgan fingerprint density at radius 3 is 2.17 bits per heavy atom. The Bertz CT molecular complexity index is 1510. The third-order valence-corrected chi connectivity index (χ3v) is 10.4. The van der Waals surface area contributed by atoms with Crippen molar-refractivity contribution in [2.24, 2.45) is 0 Å². The summed E-state index contributed by atoms with van der Waals surface area (Å²) < 4.78 is 29.0. The molecule has 0 radical (unpaired) electrons.